The third kappa shape index (κ3) is 4.37. The number of Topliss-reactive ketones (excluding diaryl/α,β-unsaturated/α-hetero) is 1. The highest BCUT2D eigenvalue weighted by molar-refractivity contribution is 7.22. The molecule has 0 radical (unpaired) electrons. The third-order valence-corrected chi connectivity index (χ3v) is 8.53. The number of carbonyl (C=O) groups excluding carboxylic acids is 2. The maximum atomic E-state index is 14.0. The molecule has 0 fully saturated rings. The number of rotatable bonds is 7. The lowest BCUT2D eigenvalue weighted by molar-refractivity contribution is -0.117. The first-order valence-corrected chi connectivity index (χ1v) is 13.9. The smallest absolute Gasteiger partial charge is 0.296 e. The van der Waals surface area contributed by atoms with Crippen LogP contribution < -0.4 is 9.64 Å². The number of aliphatic hydroxyl groups excluding tert-OH is 1. The number of pyridine rings is 1. The molecule has 1 atom stereocenters. The zero-order chi connectivity index (χ0) is 27.1. The van der Waals surface area contributed by atoms with Crippen molar-refractivity contribution in [3.8, 4) is 16.3 Å². The van der Waals surface area contributed by atoms with Gasteiger partial charge in [0.1, 0.15) is 16.8 Å². The van der Waals surface area contributed by atoms with Crippen LogP contribution in [0.25, 0.3) is 20.8 Å². The number of aliphatic hydroxyl groups is 1. The molecule has 1 amide bonds. The van der Waals surface area contributed by atoms with Gasteiger partial charge >= 0.3 is 0 Å². The van der Waals surface area contributed by atoms with Crippen molar-refractivity contribution in [2.24, 2.45) is 0 Å². The Morgan fingerprint density at radius 3 is 2.59 bits per heavy atom. The van der Waals surface area contributed by atoms with Gasteiger partial charge in [-0.1, -0.05) is 47.7 Å². The molecule has 1 N–H and O–H groups in total. The van der Waals surface area contributed by atoms with Gasteiger partial charge < -0.3 is 9.84 Å². The van der Waals surface area contributed by atoms with Crippen molar-refractivity contribution < 1.29 is 19.4 Å². The van der Waals surface area contributed by atoms with Crippen molar-refractivity contribution in [2.45, 2.75) is 19.9 Å². The Hall–Kier alpha value is -4.41. The van der Waals surface area contributed by atoms with E-state index in [9.17, 15) is 14.7 Å². The van der Waals surface area contributed by atoms with Crippen molar-refractivity contribution >= 4 is 49.7 Å². The highest BCUT2D eigenvalue weighted by Crippen LogP contribution is 2.45. The Bertz CT molecular complexity index is 1750. The minimum Gasteiger partial charge on any atom is -0.503 e. The Balaban J connectivity index is 1.45. The van der Waals surface area contributed by atoms with Crippen LogP contribution in [-0.4, -0.2) is 38.4 Å². The molecule has 0 saturated heterocycles. The standard InChI is InChI=1S/C29H22N4O4S2/c1-3-37-18-12-13-19-21(15-18)38-29(32-19)33-23(20-11-7-8-14-30-20)22(25(35)28(33)36)24(34)26-16(2)31-27(39-26)17-9-5-4-6-10-17/h4-15,23,35H,3H2,1-2H3. The minimum absolute atomic E-state index is 0.0423. The molecule has 1 unspecified atom stereocenters. The van der Waals surface area contributed by atoms with Crippen molar-refractivity contribution in [2.75, 3.05) is 11.5 Å². The molecular formula is C29H22N4O4S2. The summed E-state index contributed by atoms with van der Waals surface area (Å²) in [7, 11) is 0. The minimum atomic E-state index is -0.959. The number of thiazole rings is 2. The van der Waals surface area contributed by atoms with Crippen LogP contribution in [0, 0.1) is 6.92 Å². The van der Waals surface area contributed by atoms with Gasteiger partial charge in [0.25, 0.3) is 5.91 Å². The van der Waals surface area contributed by atoms with Crippen molar-refractivity contribution in [1.82, 2.24) is 15.0 Å². The van der Waals surface area contributed by atoms with Gasteiger partial charge in [-0.05, 0) is 44.2 Å². The molecule has 0 bridgehead atoms. The molecule has 3 aromatic heterocycles. The van der Waals surface area contributed by atoms with Gasteiger partial charge in [0.2, 0.25) is 5.78 Å². The number of nitrogens with zero attached hydrogens (tertiary/aromatic N) is 4. The predicted octanol–water partition coefficient (Wildman–Crippen LogP) is 6.30. The number of hydrogen-bond acceptors (Lipinski definition) is 9. The molecule has 0 aliphatic carbocycles. The molecule has 10 heteroatoms. The predicted molar refractivity (Wildman–Crippen MR) is 152 cm³/mol. The molecule has 1 aliphatic heterocycles. The summed E-state index contributed by atoms with van der Waals surface area (Å²) < 4.78 is 6.42. The van der Waals surface area contributed by atoms with Gasteiger partial charge in [-0.3, -0.25) is 19.5 Å². The number of anilines is 1. The molecule has 39 heavy (non-hydrogen) atoms. The molecule has 6 rings (SSSR count). The summed E-state index contributed by atoms with van der Waals surface area (Å²) in [6.07, 6.45) is 1.59. The molecular weight excluding hydrogens is 532 g/mol. The number of ether oxygens (including phenoxy) is 1. The van der Waals surface area contributed by atoms with E-state index in [-0.39, 0.29) is 5.57 Å². The van der Waals surface area contributed by atoms with Crippen LogP contribution >= 0.6 is 22.7 Å². The van der Waals surface area contributed by atoms with Crippen LogP contribution in [0.1, 0.15) is 34.0 Å². The van der Waals surface area contributed by atoms with E-state index in [1.54, 1.807) is 31.3 Å². The van der Waals surface area contributed by atoms with Gasteiger partial charge in [0.05, 0.1) is 38.7 Å². The fourth-order valence-electron chi connectivity index (χ4n) is 4.54. The zero-order valence-electron chi connectivity index (χ0n) is 21.0. The molecule has 194 valence electrons. The number of aryl methyl sites for hydroxylation is 1. The Kier molecular flexibility index (Phi) is 6.41. The maximum Gasteiger partial charge on any atom is 0.296 e. The van der Waals surface area contributed by atoms with Crippen LogP contribution in [0.4, 0.5) is 5.13 Å². The Morgan fingerprint density at radius 1 is 1.05 bits per heavy atom. The molecule has 4 heterocycles. The maximum absolute atomic E-state index is 14.0. The lowest BCUT2D eigenvalue weighted by Crippen LogP contribution is -2.31. The first kappa shape index (κ1) is 24.9. The average Bonchev–Trinajstić information content (AvgIpc) is 3.63. The normalized spacial score (nSPS) is 15.4. The number of benzene rings is 2. The van der Waals surface area contributed by atoms with Crippen LogP contribution in [0.15, 0.2) is 84.3 Å². The van der Waals surface area contributed by atoms with E-state index in [0.717, 1.165) is 10.3 Å². The molecule has 1 aliphatic rings. The van der Waals surface area contributed by atoms with Gasteiger partial charge in [-0.15, -0.1) is 11.3 Å². The second-order valence-corrected chi connectivity index (χ2v) is 10.8. The number of carbonyl (C=O) groups is 2. The Labute approximate surface area is 231 Å². The lowest BCUT2D eigenvalue weighted by atomic mass is 9.98. The fraction of sp³-hybridized carbons (Fsp3) is 0.138. The van der Waals surface area contributed by atoms with Crippen LogP contribution in [-0.2, 0) is 4.79 Å². The van der Waals surface area contributed by atoms with Crippen LogP contribution in [0.3, 0.4) is 0 Å². The van der Waals surface area contributed by atoms with E-state index in [1.807, 2.05) is 55.5 Å². The second-order valence-electron chi connectivity index (χ2n) is 8.78. The summed E-state index contributed by atoms with van der Waals surface area (Å²) in [6, 6.07) is 19.4. The SMILES string of the molecule is CCOc1ccc2nc(N3C(=O)C(O)=C(C(=O)c4sc(-c5ccccc5)nc4C)C3c3ccccn3)sc2c1. The Morgan fingerprint density at radius 2 is 1.85 bits per heavy atom. The van der Waals surface area contributed by atoms with E-state index in [2.05, 4.69) is 15.0 Å². The second kappa shape index (κ2) is 10.0. The van der Waals surface area contributed by atoms with Crippen LogP contribution in [0.5, 0.6) is 5.75 Å². The first-order chi connectivity index (χ1) is 19.0. The third-order valence-electron chi connectivity index (χ3n) is 6.31. The largest absolute Gasteiger partial charge is 0.503 e. The topological polar surface area (TPSA) is 106 Å². The molecule has 8 nitrogen and oxygen atoms in total. The number of aromatic nitrogens is 3. The molecule has 5 aromatic rings. The van der Waals surface area contributed by atoms with E-state index in [0.29, 0.717) is 44.3 Å². The number of amides is 1. The summed E-state index contributed by atoms with van der Waals surface area (Å²) in [5.41, 5.74) is 2.49. The number of hydrogen-bond donors (Lipinski definition) is 1. The average molecular weight is 555 g/mol. The summed E-state index contributed by atoms with van der Waals surface area (Å²) in [4.78, 5) is 43.0. The first-order valence-electron chi connectivity index (χ1n) is 12.2. The van der Waals surface area contributed by atoms with Crippen molar-refractivity contribution in [3.05, 3.63) is 101 Å². The summed E-state index contributed by atoms with van der Waals surface area (Å²) in [5, 5.41) is 12.2. The number of ketones is 1. The summed E-state index contributed by atoms with van der Waals surface area (Å²) in [5.74, 6) is -1.08. The quantitative estimate of drug-likeness (QED) is 0.235. The van der Waals surface area contributed by atoms with E-state index < -0.39 is 23.5 Å². The molecule has 0 saturated carbocycles. The molecule has 2 aromatic carbocycles. The van der Waals surface area contributed by atoms with Crippen molar-refractivity contribution in [1.29, 1.82) is 0 Å². The number of fused-ring (bicyclic) bond motifs is 1. The highest BCUT2D eigenvalue weighted by Gasteiger charge is 2.47. The van der Waals surface area contributed by atoms with Gasteiger partial charge in [0.15, 0.2) is 10.9 Å². The van der Waals surface area contributed by atoms with Gasteiger partial charge in [-0.25, -0.2) is 9.97 Å². The van der Waals surface area contributed by atoms with E-state index >= 15 is 0 Å². The van der Waals surface area contributed by atoms with Crippen LogP contribution in [0.2, 0.25) is 0 Å². The lowest BCUT2D eigenvalue weighted by Gasteiger charge is -2.23. The zero-order valence-corrected chi connectivity index (χ0v) is 22.6. The van der Waals surface area contributed by atoms with Gasteiger partial charge in [0, 0.05) is 11.8 Å². The van der Waals surface area contributed by atoms with E-state index in [4.69, 9.17) is 4.74 Å². The fourth-order valence-corrected chi connectivity index (χ4v) is 6.58. The monoisotopic (exact) mass is 554 g/mol. The van der Waals surface area contributed by atoms with E-state index in [1.165, 1.54) is 27.6 Å². The van der Waals surface area contributed by atoms with Crippen molar-refractivity contribution in [3.63, 3.8) is 0 Å². The van der Waals surface area contributed by atoms with Gasteiger partial charge in [-0.2, -0.15) is 0 Å². The highest BCUT2D eigenvalue weighted by atomic mass is 32.1. The summed E-state index contributed by atoms with van der Waals surface area (Å²) in [6.45, 7) is 4.18. The molecule has 0 spiro atoms. The summed E-state index contributed by atoms with van der Waals surface area (Å²) >= 11 is 2.51.